The maximum atomic E-state index is 11.4. The third-order valence-electron chi connectivity index (χ3n) is 5.34. The van der Waals surface area contributed by atoms with Gasteiger partial charge in [-0.2, -0.15) is 4.98 Å². The van der Waals surface area contributed by atoms with E-state index in [4.69, 9.17) is 14.4 Å². The Labute approximate surface area is 146 Å². The van der Waals surface area contributed by atoms with Crippen LogP contribution in [-0.4, -0.2) is 25.2 Å². The van der Waals surface area contributed by atoms with E-state index < -0.39 is 10.0 Å². The standard InChI is InChI=1S/C17H21N3O4S/c1-17(2)13(10-5-7-11(8-6-10)25(18,21)22)14(17)16-19-15(20-24-16)12-4-3-9-23-12/h5-8,12-14H,3-4,9H2,1-2H3,(H2,18,21,22)/t12?,13-,14+/m1/s1. The van der Waals surface area contributed by atoms with Crippen molar-refractivity contribution in [1.82, 2.24) is 10.1 Å². The maximum absolute atomic E-state index is 11.4. The molecule has 2 aromatic rings. The minimum atomic E-state index is -3.68. The van der Waals surface area contributed by atoms with Crippen LogP contribution in [0.2, 0.25) is 0 Å². The number of hydrogen-bond acceptors (Lipinski definition) is 6. The number of nitrogens with zero attached hydrogens (tertiary/aromatic N) is 2. The zero-order chi connectivity index (χ0) is 17.8. The second kappa shape index (κ2) is 5.62. The third-order valence-corrected chi connectivity index (χ3v) is 6.27. The number of nitrogens with two attached hydrogens (primary N) is 1. The molecule has 1 saturated heterocycles. The number of ether oxygens (including phenoxy) is 1. The highest BCUT2D eigenvalue weighted by Crippen LogP contribution is 2.69. The number of benzene rings is 1. The van der Waals surface area contributed by atoms with Crippen molar-refractivity contribution in [3.05, 3.63) is 41.5 Å². The fraction of sp³-hybridized carbons (Fsp3) is 0.529. The van der Waals surface area contributed by atoms with Crippen LogP contribution in [0, 0.1) is 5.41 Å². The smallest absolute Gasteiger partial charge is 0.238 e. The van der Waals surface area contributed by atoms with E-state index in [1.807, 2.05) is 12.1 Å². The summed E-state index contributed by atoms with van der Waals surface area (Å²) >= 11 is 0. The molecule has 25 heavy (non-hydrogen) atoms. The summed E-state index contributed by atoms with van der Waals surface area (Å²) in [6.45, 7) is 5.03. The Morgan fingerprint density at radius 3 is 2.52 bits per heavy atom. The van der Waals surface area contributed by atoms with Gasteiger partial charge in [0.2, 0.25) is 21.7 Å². The summed E-state index contributed by atoms with van der Waals surface area (Å²) in [6.07, 6.45) is 1.88. The largest absolute Gasteiger partial charge is 0.370 e. The fourth-order valence-corrected chi connectivity index (χ4v) is 4.39. The van der Waals surface area contributed by atoms with E-state index >= 15 is 0 Å². The van der Waals surface area contributed by atoms with Gasteiger partial charge in [-0.1, -0.05) is 31.1 Å². The Bertz CT molecular complexity index is 883. The van der Waals surface area contributed by atoms with Crippen molar-refractivity contribution in [3.63, 3.8) is 0 Å². The van der Waals surface area contributed by atoms with Gasteiger partial charge in [0.15, 0.2) is 0 Å². The van der Waals surface area contributed by atoms with Crippen LogP contribution in [0.5, 0.6) is 0 Å². The summed E-state index contributed by atoms with van der Waals surface area (Å²) in [5, 5.41) is 9.25. The molecule has 1 aliphatic heterocycles. The van der Waals surface area contributed by atoms with Crippen molar-refractivity contribution < 1.29 is 17.7 Å². The Morgan fingerprint density at radius 2 is 1.92 bits per heavy atom. The molecule has 0 amide bonds. The molecular formula is C17H21N3O4S. The summed E-state index contributed by atoms with van der Waals surface area (Å²) in [6, 6.07) is 6.70. The number of primary sulfonamides is 1. The van der Waals surface area contributed by atoms with Crippen molar-refractivity contribution >= 4 is 10.0 Å². The van der Waals surface area contributed by atoms with Gasteiger partial charge in [0.05, 0.1) is 10.8 Å². The summed E-state index contributed by atoms with van der Waals surface area (Å²) in [5.74, 6) is 1.55. The van der Waals surface area contributed by atoms with Gasteiger partial charge in [0.25, 0.3) is 0 Å². The van der Waals surface area contributed by atoms with Gasteiger partial charge < -0.3 is 9.26 Å². The molecule has 4 rings (SSSR count). The van der Waals surface area contributed by atoms with Gasteiger partial charge in [-0.15, -0.1) is 0 Å². The van der Waals surface area contributed by atoms with Crippen molar-refractivity contribution in [2.75, 3.05) is 6.61 Å². The lowest BCUT2D eigenvalue weighted by atomic mass is 10.0. The monoisotopic (exact) mass is 363 g/mol. The molecule has 2 fully saturated rings. The molecule has 7 nitrogen and oxygen atoms in total. The van der Waals surface area contributed by atoms with Crippen LogP contribution < -0.4 is 5.14 Å². The fourth-order valence-electron chi connectivity index (χ4n) is 3.87. The first-order valence-corrected chi connectivity index (χ1v) is 9.91. The summed E-state index contributed by atoms with van der Waals surface area (Å²) in [4.78, 5) is 4.68. The molecule has 1 aromatic carbocycles. The molecule has 2 heterocycles. The molecule has 8 heteroatoms. The average molecular weight is 363 g/mol. The summed E-state index contributed by atoms with van der Waals surface area (Å²) < 4.78 is 33.9. The lowest BCUT2D eigenvalue weighted by Crippen LogP contribution is -2.11. The predicted molar refractivity (Wildman–Crippen MR) is 89.3 cm³/mol. The van der Waals surface area contributed by atoms with Gasteiger partial charge in [0, 0.05) is 12.5 Å². The van der Waals surface area contributed by atoms with Crippen LogP contribution >= 0.6 is 0 Å². The van der Waals surface area contributed by atoms with E-state index in [-0.39, 0.29) is 28.3 Å². The Kier molecular flexibility index (Phi) is 3.75. The van der Waals surface area contributed by atoms with Crippen LogP contribution in [0.25, 0.3) is 0 Å². The molecule has 1 saturated carbocycles. The Balaban J connectivity index is 1.57. The van der Waals surface area contributed by atoms with Crippen LogP contribution in [0.1, 0.15) is 61.9 Å². The average Bonchev–Trinajstić information content (AvgIpc) is 3.03. The van der Waals surface area contributed by atoms with Crippen molar-refractivity contribution in [3.8, 4) is 0 Å². The first kappa shape index (κ1) is 16.7. The highest BCUT2D eigenvalue weighted by atomic mass is 32.2. The third kappa shape index (κ3) is 2.88. The van der Waals surface area contributed by atoms with E-state index in [1.54, 1.807) is 12.1 Å². The molecule has 1 aliphatic carbocycles. The molecule has 0 radical (unpaired) electrons. The summed E-state index contributed by atoms with van der Waals surface area (Å²) in [5.41, 5.74) is 1.00. The molecule has 1 aromatic heterocycles. The van der Waals surface area contributed by atoms with E-state index in [1.165, 1.54) is 0 Å². The molecule has 1 unspecified atom stereocenters. The topological polar surface area (TPSA) is 108 Å². The van der Waals surface area contributed by atoms with E-state index in [0.717, 1.165) is 25.0 Å². The molecule has 2 aliphatic rings. The van der Waals surface area contributed by atoms with Gasteiger partial charge >= 0.3 is 0 Å². The number of rotatable bonds is 4. The first-order chi connectivity index (χ1) is 11.8. The van der Waals surface area contributed by atoms with Crippen LogP contribution in [-0.2, 0) is 14.8 Å². The lowest BCUT2D eigenvalue weighted by Gasteiger charge is -2.04. The van der Waals surface area contributed by atoms with Gasteiger partial charge in [0.1, 0.15) is 6.10 Å². The van der Waals surface area contributed by atoms with Crippen LogP contribution in [0.3, 0.4) is 0 Å². The molecular weight excluding hydrogens is 342 g/mol. The highest BCUT2D eigenvalue weighted by Gasteiger charge is 2.62. The zero-order valence-electron chi connectivity index (χ0n) is 14.2. The maximum Gasteiger partial charge on any atom is 0.238 e. The van der Waals surface area contributed by atoms with Crippen molar-refractivity contribution in [1.29, 1.82) is 0 Å². The van der Waals surface area contributed by atoms with Crippen molar-refractivity contribution in [2.24, 2.45) is 10.6 Å². The normalized spacial score (nSPS) is 28.2. The van der Waals surface area contributed by atoms with Gasteiger partial charge in [-0.25, -0.2) is 13.6 Å². The van der Waals surface area contributed by atoms with E-state index in [9.17, 15) is 8.42 Å². The quantitative estimate of drug-likeness (QED) is 0.894. The first-order valence-electron chi connectivity index (χ1n) is 8.36. The Hall–Kier alpha value is -1.77. The Morgan fingerprint density at radius 1 is 1.20 bits per heavy atom. The lowest BCUT2D eigenvalue weighted by molar-refractivity contribution is 0.103. The number of hydrogen-bond donors (Lipinski definition) is 1. The minimum absolute atomic E-state index is 0.0383. The van der Waals surface area contributed by atoms with Crippen LogP contribution in [0.4, 0.5) is 0 Å². The molecule has 3 atom stereocenters. The SMILES string of the molecule is CC1(C)[C@H](c2ccc(S(N)(=O)=O)cc2)[C@H]1c1nc(C2CCCO2)no1. The zero-order valence-corrected chi connectivity index (χ0v) is 15.0. The van der Waals surface area contributed by atoms with Gasteiger partial charge in [-0.3, -0.25) is 0 Å². The molecule has 0 spiro atoms. The van der Waals surface area contributed by atoms with Gasteiger partial charge in [-0.05, 0) is 36.0 Å². The van der Waals surface area contributed by atoms with E-state index in [2.05, 4.69) is 24.0 Å². The second-order valence-corrected chi connectivity index (χ2v) is 8.94. The van der Waals surface area contributed by atoms with Crippen LogP contribution in [0.15, 0.2) is 33.7 Å². The molecule has 134 valence electrons. The van der Waals surface area contributed by atoms with E-state index in [0.29, 0.717) is 11.7 Å². The molecule has 0 bridgehead atoms. The highest BCUT2D eigenvalue weighted by molar-refractivity contribution is 7.89. The molecule has 2 N–H and O–H groups in total. The number of aromatic nitrogens is 2. The minimum Gasteiger partial charge on any atom is -0.370 e. The second-order valence-electron chi connectivity index (χ2n) is 7.38. The predicted octanol–water partition coefficient (Wildman–Crippen LogP) is 2.48. The number of sulfonamides is 1. The summed E-state index contributed by atoms with van der Waals surface area (Å²) in [7, 11) is -3.68. The van der Waals surface area contributed by atoms with Crippen molar-refractivity contribution in [2.45, 2.75) is 49.5 Å².